The molecule has 0 aliphatic carbocycles. The monoisotopic (exact) mass is 412 g/mol. The van der Waals surface area contributed by atoms with Crippen molar-refractivity contribution in [1.29, 1.82) is 0 Å². The second-order valence-corrected chi connectivity index (χ2v) is 7.10. The Kier molecular flexibility index (Phi) is 5.42. The highest BCUT2D eigenvalue weighted by molar-refractivity contribution is 6.30. The van der Waals surface area contributed by atoms with E-state index in [9.17, 15) is 4.79 Å². The van der Waals surface area contributed by atoms with Crippen molar-refractivity contribution in [2.75, 3.05) is 20.8 Å². The molecule has 1 aliphatic rings. The van der Waals surface area contributed by atoms with Crippen LogP contribution < -0.4 is 20.1 Å². The number of amides is 1. The van der Waals surface area contributed by atoms with E-state index in [4.69, 9.17) is 21.1 Å². The first kappa shape index (κ1) is 19.3. The second-order valence-electron chi connectivity index (χ2n) is 6.66. The lowest BCUT2D eigenvalue weighted by Gasteiger charge is -2.26. The maximum absolute atomic E-state index is 12.3. The normalized spacial score (nSPS) is 15.6. The molecule has 0 bridgehead atoms. The molecule has 150 valence electrons. The molecule has 7 nitrogen and oxygen atoms in total. The topological polar surface area (TPSA) is 77.4 Å². The van der Waals surface area contributed by atoms with Crippen LogP contribution in [-0.2, 0) is 6.54 Å². The average Bonchev–Trinajstić information content (AvgIpc) is 3.20. The fourth-order valence-electron chi connectivity index (χ4n) is 3.31. The minimum atomic E-state index is -0.170. The highest BCUT2D eigenvalue weighted by Crippen LogP contribution is 2.28. The van der Waals surface area contributed by atoms with Gasteiger partial charge in [0.2, 0.25) is 0 Å². The lowest BCUT2D eigenvalue weighted by atomic mass is 10.1. The van der Waals surface area contributed by atoms with Crippen LogP contribution in [0.2, 0.25) is 5.02 Å². The van der Waals surface area contributed by atoms with Gasteiger partial charge in [0.25, 0.3) is 5.91 Å². The molecule has 1 aliphatic heterocycles. The smallest absolute Gasteiger partial charge is 0.269 e. The van der Waals surface area contributed by atoms with Gasteiger partial charge in [0, 0.05) is 17.1 Å². The van der Waals surface area contributed by atoms with Gasteiger partial charge < -0.3 is 14.8 Å². The van der Waals surface area contributed by atoms with Gasteiger partial charge in [-0.2, -0.15) is 5.10 Å². The Morgan fingerprint density at radius 1 is 1.14 bits per heavy atom. The van der Waals surface area contributed by atoms with E-state index in [2.05, 4.69) is 15.7 Å². The molecule has 0 fully saturated rings. The van der Waals surface area contributed by atoms with Crippen molar-refractivity contribution in [2.45, 2.75) is 12.7 Å². The minimum absolute atomic E-state index is 0.137. The summed E-state index contributed by atoms with van der Waals surface area (Å²) in [6, 6.07) is 15.0. The zero-order valence-electron chi connectivity index (χ0n) is 16.1. The van der Waals surface area contributed by atoms with Crippen molar-refractivity contribution in [1.82, 2.24) is 20.4 Å². The molecule has 0 unspecified atom stereocenters. The molecular weight excluding hydrogens is 392 g/mol. The highest BCUT2D eigenvalue weighted by Gasteiger charge is 2.27. The van der Waals surface area contributed by atoms with Gasteiger partial charge >= 0.3 is 0 Å². The summed E-state index contributed by atoms with van der Waals surface area (Å²) >= 11 is 5.97. The lowest BCUT2D eigenvalue weighted by molar-refractivity contribution is 0.0900. The van der Waals surface area contributed by atoms with E-state index < -0.39 is 0 Å². The molecule has 1 aromatic heterocycles. The standard InChI is InChI=1S/C21H21ClN4O3/c1-28-18-8-3-13(9-19(18)29-2)11-23-20-12-24-21(27)17-10-16(25-26(17)20)14-4-6-15(22)7-5-14/h3-10,20,23H,11-12H2,1-2H3,(H,24,27)/t20-/m1/s1. The number of ether oxygens (including phenoxy) is 2. The number of nitrogens with zero attached hydrogens (tertiary/aromatic N) is 2. The number of rotatable bonds is 6. The molecular formula is C21H21ClN4O3. The first-order valence-electron chi connectivity index (χ1n) is 9.17. The molecule has 2 N–H and O–H groups in total. The lowest BCUT2D eigenvalue weighted by Crippen LogP contribution is -2.45. The summed E-state index contributed by atoms with van der Waals surface area (Å²) in [7, 11) is 3.22. The van der Waals surface area contributed by atoms with E-state index in [1.165, 1.54) is 0 Å². The fraction of sp³-hybridized carbons (Fsp3) is 0.238. The van der Waals surface area contributed by atoms with E-state index in [1.54, 1.807) is 25.0 Å². The Morgan fingerprint density at radius 3 is 2.62 bits per heavy atom. The number of aromatic nitrogens is 2. The van der Waals surface area contributed by atoms with Crippen molar-refractivity contribution in [3.8, 4) is 22.8 Å². The molecule has 29 heavy (non-hydrogen) atoms. The van der Waals surface area contributed by atoms with Crippen LogP contribution in [0.4, 0.5) is 0 Å². The molecule has 0 saturated carbocycles. The number of benzene rings is 2. The van der Waals surface area contributed by atoms with Crippen LogP contribution in [0.3, 0.4) is 0 Å². The second kappa shape index (κ2) is 8.14. The van der Waals surface area contributed by atoms with Gasteiger partial charge in [-0.15, -0.1) is 0 Å². The van der Waals surface area contributed by atoms with Gasteiger partial charge in [-0.1, -0.05) is 29.8 Å². The first-order valence-corrected chi connectivity index (χ1v) is 9.55. The van der Waals surface area contributed by atoms with E-state index in [1.807, 2.05) is 42.5 Å². The maximum atomic E-state index is 12.3. The zero-order chi connectivity index (χ0) is 20.4. The maximum Gasteiger partial charge on any atom is 0.269 e. The summed E-state index contributed by atoms with van der Waals surface area (Å²) in [4.78, 5) is 12.3. The van der Waals surface area contributed by atoms with Crippen molar-refractivity contribution in [3.05, 3.63) is 64.8 Å². The van der Waals surface area contributed by atoms with E-state index in [0.717, 1.165) is 16.8 Å². The molecule has 3 aromatic rings. The summed E-state index contributed by atoms with van der Waals surface area (Å²) in [5.41, 5.74) is 3.19. The largest absolute Gasteiger partial charge is 0.493 e. The average molecular weight is 413 g/mol. The zero-order valence-corrected chi connectivity index (χ0v) is 16.9. The molecule has 4 rings (SSSR count). The summed E-state index contributed by atoms with van der Waals surface area (Å²) in [5.74, 6) is 1.22. The van der Waals surface area contributed by atoms with Crippen molar-refractivity contribution >= 4 is 17.5 Å². The number of fused-ring (bicyclic) bond motifs is 1. The van der Waals surface area contributed by atoms with Gasteiger partial charge in [0.15, 0.2) is 11.5 Å². The summed E-state index contributed by atoms with van der Waals surface area (Å²) in [6.45, 7) is 1.03. The molecule has 2 aromatic carbocycles. The number of carbonyl (C=O) groups excluding carboxylic acids is 1. The van der Waals surface area contributed by atoms with Gasteiger partial charge in [-0.05, 0) is 35.9 Å². The Labute approximate surface area is 173 Å². The van der Waals surface area contributed by atoms with Gasteiger partial charge in [-0.25, -0.2) is 4.68 Å². The fourth-order valence-corrected chi connectivity index (χ4v) is 3.44. The summed E-state index contributed by atoms with van der Waals surface area (Å²) in [5, 5.41) is 11.7. The molecule has 0 saturated heterocycles. The van der Waals surface area contributed by atoms with Gasteiger partial charge in [0.1, 0.15) is 11.9 Å². The van der Waals surface area contributed by atoms with Gasteiger partial charge in [-0.3, -0.25) is 10.1 Å². The first-order chi connectivity index (χ1) is 14.1. The van der Waals surface area contributed by atoms with E-state index in [0.29, 0.717) is 35.3 Å². The molecule has 8 heteroatoms. The van der Waals surface area contributed by atoms with E-state index in [-0.39, 0.29) is 12.1 Å². The SMILES string of the molecule is COc1ccc(CN[C@H]2CNC(=O)c3cc(-c4ccc(Cl)cc4)nn32)cc1OC. The van der Waals surface area contributed by atoms with Crippen LogP contribution in [-0.4, -0.2) is 36.5 Å². The number of hydrogen-bond donors (Lipinski definition) is 2. The molecule has 0 radical (unpaired) electrons. The number of methoxy groups -OCH3 is 2. The van der Waals surface area contributed by atoms with Crippen molar-refractivity contribution in [3.63, 3.8) is 0 Å². The Hall–Kier alpha value is -3.03. The van der Waals surface area contributed by atoms with Crippen LogP contribution in [0.5, 0.6) is 11.5 Å². The Bertz CT molecular complexity index is 1030. The number of halogens is 1. The third kappa shape index (κ3) is 3.92. The molecule has 1 atom stereocenters. The molecule has 0 spiro atoms. The number of carbonyl (C=O) groups is 1. The van der Waals surface area contributed by atoms with Crippen LogP contribution >= 0.6 is 11.6 Å². The number of hydrogen-bond acceptors (Lipinski definition) is 5. The van der Waals surface area contributed by atoms with Crippen LogP contribution in [0, 0.1) is 0 Å². The third-order valence-electron chi connectivity index (χ3n) is 4.85. The minimum Gasteiger partial charge on any atom is -0.493 e. The van der Waals surface area contributed by atoms with Gasteiger partial charge in [0.05, 0.1) is 26.5 Å². The summed E-state index contributed by atoms with van der Waals surface area (Å²) < 4.78 is 12.4. The Morgan fingerprint density at radius 2 is 1.90 bits per heavy atom. The predicted octanol–water partition coefficient (Wildman–Crippen LogP) is 3.25. The van der Waals surface area contributed by atoms with Crippen molar-refractivity contribution < 1.29 is 14.3 Å². The quantitative estimate of drug-likeness (QED) is 0.649. The Balaban J connectivity index is 1.55. The molecule has 2 heterocycles. The molecule has 1 amide bonds. The van der Waals surface area contributed by atoms with Crippen molar-refractivity contribution in [2.24, 2.45) is 0 Å². The van der Waals surface area contributed by atoms with E-state index >= 15 is 0 Å². The van der Waals surface area contributed by atoms with Crippen LogP contribution in [0.15, 0.2) is 48.5 Å². The predicted molar refractivity (Wildman–Crippen MR) is 110 cm³/mol. The highest BCUT2D eigenvalue weighted by atomic mass is 35.5. The van der Waals surface area contributed by atoms with Crippen LogP contribution in [0.1, 0.15) is 22.2 Å². The summed E-state index contributed by atoms with van der Waals surface area (Å²) in [6.07, 6.45) is -0.170. The van der Waals surface area contributed by atoms with Crippen LogP contribution in [0.25, 0.3) is 11.3 Å². The number of nitrogens with one attached hydrogen (secondary N) is 2. The third-order valence-corrected chi connectivity index (χ3v) is 5.10.